The van der Waals surface area contributed by atoms with Crippen LogP contribution in [0, 0.1) is 0 Å². The maximum atomic E-state index is 11.1. The van der Waals surface area contributed by atoms with Crippen LogP contribution in [0.5, 0.6) is 5.75 Å². The summed E-state index contributed by atoms with van der Waals surface area (Å²) in [6, 6.07) is 8.00. The van der Waals surface area contributed by atoms with Crippen molar-refractivity contribution >= 4 is 5.97 Å². The molecule has 1 aliphatic heterocycles. The summed E-state index contributed by atoms with van der Waals surface area (Å²) in [5.41, 5.74) is 1.41. The predicted octanol–water partition coefficient (Wildman–Crippen LogP) is 2.13. The first kappa shape index (κ1) is 12.7. The van der Waals surface area contributed by atoms with Gasteiger partial charge in [-0.2, -0.15) is 5.10 Å². The van der Waals surface area contributed by atoms with Crippen LogP contribution in [0.25, 0.3) is 5.69 Å². The summed E-state index contributed by atoms with van der Waals surface area (Å²) in [7, 11) is 0. The number of carbonyl (C=O) groups is 1. The van der Waals surface area contributed by atoms with E-state index in [1.807, 2.05) is 0 Å². The number of aromatic carboxylic acids is 1. The number of aromatic nitrogens is 2. The van der Waals surface area contributed by atoms with Gasteiger partial charge in [0.05, 0.1) is 17.5 Å². The number of hydrogen-bond donors (Lipinski definition) is 2. The van der Waals surface area contributed by atoms with Crippen molar-refractivity contribution in [3.05, 3.63) is 41.7 Å². The molecule has 1 atom stereocenters. The van der Waals surface area contributed by atoms with Gasteiger partial charge in [-0.25, -0.2) is 9.48 Å². The molecule has 2 aromatic rings. The highest BCUT2D eigenvalue weighted by Crippen LogP contribution is 2.30. The molecule has 6 nitrogen and oxygen atoms in total. The molecule has 0 amide bonds. The van der Waals surface area contributed by atoms with Crippen LogP contribution in [0.4, 0.5) is 0 Å². The van der Waals surface area contributed by atoms with Gasteiger partial charge in [0, 0.05) is 6.61 Å². The summed E-state index contributed by atoms with van der Waals surface area (Å²) in [6.07, 6.45) is 1.67. The van der Waals surface area contributed by atoms with Gasteiger partial charge in [-0.1, -0.05) is 0 Å². The third-order valence-electron chi connectivity index (χ3n) is 3.31. The lowest BCUT2D eigenvalue weighted by Gasteiger charge is -2.12. The number of phenolic OH excluding ortho intramolecular Hbond substituents is 1. The van der Waals surface area contributed by atoms with Gasteiger partial charge in [0.1, 0.15) is 5.75 Å². The monoisotopic (exact) mass is 274 g/mol. The van der Waals surface area contributed by atoms with E-state index >= 15 is 0 Å². The van der Waals surface area contributed by atoms with E-state index in [0.29, 0.717) is 12.3 Å². The Labute approximate surface area is 115 Å². The van der Waals surface area contributed by atoms with Gasteiger partial charge in [-0.3, -0.25) is 0 Å². The van der Waals surface area contributed by atoms with Crippen LogP contribution in [0.1, 0.15) is 35.1 Å². The normalized spacial score (nSPS) is 18.3. The zero-order valence-corrected chi connectivity index (χ0v) is 10.7. The van der Waals surface area contributed by atoms with Crippen molar-refractivity contribution in [3.8, 4) is 11.4 Å². The quantitative estimate of drug-likeness (QED) is 0.895. The zero-order valence-electron chi connectivity index (χ0n) is 10.7. The molecule has 1 fully saturated rings. The minimum Gasteiger partial charge on any atom is -0.508 e. The molecule has 0 radical (unpaired) electrons. The van der Waals surface area contributed by atoms with E-state index < -0.39 is 5.97 Å². The van der Waals surface area contributed by atoms with E-state index in [4.69, 9.17) is 9.84 Å². The number of hydrogen-bond acceptors (Lipinski definition) is 4. The highest BCUT2D eigenvalue weighted by atomic mass is 16.5. The van der Waals surface area contributed by atoms with E-state index in [9.17, 15) is 9.90 Å². The molecular weight excluding hydrogens is 260 g/mol. The van der Waals surface area contributed by atoms with Gasteiger partial charge in [-0.15, -0.1) is 0 Å². The lowest BCUT2D eigenvalue weighted by Crippen LogP contribution is -2.07. The van der Waals surface area contributed by atoms with Crippen LogP contribution in [0.3, 0.4) is 0 Å². The van der Waals surface area contributed by atoms with Gasteiger partial charge < -0.3 is 14.9 Å². The third kappa shape index (κ3) is 2.25. The first-order valence-electron chi connectivity index (χ1n) is 6.39. The smallest absolute Gasteiger partial charge is 0.356 e. The molecule has 20 heavy (non-hydrogen) atoms. The Morgan fingerprint density at radius 1 is 1.35 bits per heavy atom. The molecule has 0 aliphatic carbocycles. The van der Waals surface area contributed by atoms with Crippen molar-refractivity contribution in [1.82, 2.24) is 9.78 Å². The van der Waals surface area contributed by atoms with Crippen molar-refractivity contribution in [3.63, 3.8) is 0 Å². The second-order valence-corrected chi connectivity index (χ2v) is 4.69. The number of phenols is 1. The molecule has 104 valence electrons. The highest BCUT2D eigenvalue weighted by molar-refractivity contribution is 5.85. The average Bonchev–Trinajstić information content (AvgIpc) is 3.08. The van der Waals surface area contributed by atoms with Crippen molar-refractivity contribution in [2.24, 2.45) is 0 Å². The second kappa shape index (κ2) is 4.97. The Kier molecular flexibility index (Phi) is 3.15. The van der Waals surface area contributed by atoms with Crippen molar-refractivity contribution < 1.29 is 19.7 Å². The molecular formula is C14H14N2O4. The first-order valence-corrected chi connectivity index (χ1v) is 6.39. The molecule has 6 heteroatoms. The average molecular weight is 274 g/mol. The number of ether oxygens (including phenoxy) is 1. The molecule has 0 bridgehead atoms. The van der Waals surface area contributed by atoms with E-state index in [-0.39, 0.29) is 17.5 Å². The summed E-state index contributed by atoms with van der Waals surface area (Å²) in [4.78, 5) is 11.1. The number of aromatic hydroxyl groups is 1. The second-order valence-electron chi connectivity index (χ2n) is 4.69. The molecule has 3 rings (SSSR count). The van der Waals surface area contributed by atoms with Gasteiger partial charge >= 0.3 is 5.97 Å². The minimum absolute atomic E-state index is 0.0106. The SMILES string of the molecule is O=C(O)c1cc(C2CCCO2)n(-c2ccc(O)cc2)n1. The number of nitrogens with zero attached hydrogens (tertiary/aromatic N) is 2. The number of carboxylic acid groups (broad SMARTS) is 1. The molecule has 0 spiro atoms. The third-order valence-corrected chi connectivity index (χ3v) is 3.31. The van der Waals surface area contributed by atoms with Crippen LogP contribution in [0.15, 0.2) is 30.3 Å². The molecule has 1 unspecified atom stereocenters. The zero-order chi connectivity index (χ0) is 14.1. The van der Waals surface area contributed by atoms with Gasteiger partial charge in [0.2, 0.25) is 0 Å². The fraction of sp³-hybridized carbons (Fsp3) is 0.286. The Hall–Kier alpha value is -2.34. The lowest BCUT2D eigenvalue weighted by molar-refractivity contribution is 0.0690. The maximum absolute atomic E-state index is 11.1. The summed E-state index contributed by atoms with van der Waals surface area (Å²) in [6.45, 7) is 0.674. The van der Waals surface area contributed by atoms with E-state index in [2.05, 4.69) is 5.10 Å². The summed E-state index contributed by atoms with van der Waals surface area (Å²) >= 11 is 0. The first-order chi connectivity index (χ1) is 9.65. The molecule has 1 saturated heterocycles. The maximum Gasteiger partial charge on any atom is 0.356 e. The number of carboxylic acids is 1. The van der Waals surface area contributed by atoms with Crippen LogP contribution in [-0.4, -0.2) is 32.6 Å². The van der Waals surface area contributed by atoms with E-state index in [0.717, 1.165) is 18.5 Å². The van der Waals surface area contributed by atoms with Crippen LogP contribution < -0.4 is 0 Å². The Bertz CT molecular complexity index is 627. The van der Waals surface area contributed by atoms with Gasteiger partial charge in [0.25, 0.3) is 0 Å². The van der Waals surface area contributed by atoms with Crippen LogP contribution in [-0.2, 0) is 4.74 Å². The topological polar surface area (TPSA) is 84.6 Å². The minimum atomic E-state index is -1.07. The Balaban J connectivity index is 2.07. The fourth-order valence-corrected chi connectivity index (χ4v) is 2.34. The molecule has 2 heterocycles. The van der Waals surface area contributed by atoms with E-state index in [1.165, 1.54) is 12.1 Å². The summed E-state index contributed by atoms with van der Waals surface area (Å²) in [5, 5.41) is 22.5. The largest absolute Gasteiger partial charge is 0.508 e. The summed E-state index contributed by atoms with van der Waals surface area (Å²) in [5.74, 6) is -0.917. The molecule has 0 saturated carbocycles. The van der Waals surface area contributed by atoms with Crippen LogP contribution >= 0.6 is 0 Å². The fourth-order valence-electron chi connectivity index (χ4n) is 2.34. The van der Waals surface area contributed by atoms with Crippen molar-refractivity contribution in [1.29, 1.82) is 0 Å². The van der Waals surface area contributed by atoms with Crippen LogP contribution in [0.2, 0.25) is 0 Å². The summed E-state index contributed by atoms with van der Waals surface area (Å²) < 4.78 is 7.18. The standard InChI is InChI=1S/C14H14N2O4/c17-10-5-3-9(4-6-10)16-12(13-2-1-7-20-13)8-11(15-16)14(18)19/h3-6,8,13,17H,1-2,7H2,(H,18,19). The molecule has 2 N–H and O–H groups in total. The Morgan fingerprint density at radius 3 is 2.70 bits per heavy atom. The lowest BCUT2D eigenvalue weighted by atomic mass is 10.1. The molecule has 1 aromatic heterocycles. The predicted molar refractivity (Wildman–Crippen MR) is 70.1 cm³/mol. The van der Waals surface area contributed by atoms with Crippen molar-refractivity contribution in [2.75, 3.05) is 6.61 Å². The highest BCUT2D eigenvalue weighted by Gasteiger charge is 2.25. The van der Waals surface area contributed by atoms with Gasteiger partial charge in [-0.05, 0) is 43.2 Å². The Morgan fingerprint density at radius 2 is 2.10 bits per heavy atom. The molecule has 1 aliphatic rings. The van der Waals surface area contributed by atoms with Gasteiger partial charge in [0.15, 0.2) is 5.69 Å². The molecule has 1 aromatic carbocycles. The van der Waals surface area contributed by atoms with E-state index in [1.54, 1.807) is 22.9 Å². The number of benzene rings is 1. The number of rotatable bonds is 3. The van der Waals surface area contributed by atoms with Crippen molar-refractivity contribution in [2.45, 2.75) is 18.9 Å².